The van der Waals surface area contributed by atoms with Crippen molar-refractivity contribution in [3.05, 3.63) is 80.9 Å². The van der Waals surface area contributed by atoms with Gasteiger partial charge in [0.1, 0.15) is 11.4 Å². The Morgan fingerprint density at radius 3 is 2.74 bits per heavy atom. The molecule has 1 N–H and O–H groups in total. The molecule has 2 aromatic carbocycles. The van der Waals surface area contributed by atoms with Gasteiger partial charge in [-0.15, -0.1) is 0 Å². The first-order valence-corrected chi connectivity index (χ1v) is 9.07. The zero-order chi connectivity index (χ0) is 19.0. The number of nitrogens with zero attached hydrogens (tertiary/aromatic N) is 2. The smallest absolute Gasteiger partial charge is 0.270 e. The Morgan fingerprint density at radius 1 is 1.26 bits per heavy atom. The lowest BCUT2D eigenvalue weighted by Gasteiger charge is -2.21. The summed E-state index contributed by atoms with van der Waals surface area (Å²) in [5.41, 5.74) is 2.56. The fourth-order valence-corrected chi connectivity index (χ4v) is 4.03. The fraction of sp³-hybridized carbons (Fsp3) is 0.105. The minimum Gasteiger partial charge on any atom is -0.497 e. The van der Waals surface area contributed by atoms with Gasteiger partial charge in [0, 0.05) is 17.7 Å². The van der Waals surface area contributed by atoms with E-state index < -0.39 is 4.92 Å². The molecule has 1 atom stereocenters. The largest absolute Gasteiger partial charge is 0.497 e. The predicted molar refractivity (Wildman–Crippen MR) is 103 cm³/mol. The summed E-state index contributed by atoms with van der Waals surface area (Å²) in [4.78, 5) is 25.0. The molecule has 0 saturated carbocycles. The third kappa shape index (κ3) is 3.15. The van der Waals surface area contributed by atoms with Gasteiger partial charge in [-0.1, -0.05) is 36.0 Å². The summed E-state index contributed by atoms with van der Waals surface area (Å²) in [5, 5.41) is 15.9. The summed E-state index contributed by atoms with van der Waals surface area (Å²) in [6.45, 7) is 0. The van der Waals surface area contributed by atoms with Crippen molar-refractivity contribution in [2.75, 3.05) is 7.11 Å². The number of hydrogen-bond acceptors (Lipinski definition) is 6. The van der Waals surface area contributed by atoms with Crippen molar-refractivity contribution in [3.8, 4) is 5.75 Å². The van der Waals surface area contributed by atoms with Gasteiger partial charge in [0.15, 0.2) is 5.50 Å². The van der Waals surface area contributed by atoms with Gasteiger partial charge in [0.2, 0.25) is 0 Å². The Kier molecular flexibility index (Phi) is 4.33. The van der Waals surface area contributed by atoms with Crippen LogP contribution < -0.4 is 10.1 Å². The quantitative estimate of drug-likeness (QED) is 0.496. The first kappa shape index (κ1) is 17.2. The number of nitro groups is 1. The maximum atomic E-state index is 12.5. The fourth-order valence-electron chi connectivity index (χ4n) is 3.00. The third-order valence-electron chi connectivity index (χ3n) is 4.32. The van der Waals surface area contributed by atoms with E-state index in [-0.39, 0.29) is 17.1 Å². The molecule has 2 aliphatic rings. The molecule has 0 radical (unpaired) electrons. The molecule has 2 aliphatic heterocycles. The third-order valence-corrected chi connectivity index (χ3v) is 5.27. The zero-order valence-corrected chi connectivity index (χ0v) is 15.1. The van der Waals surface area contributed by atoms with E-state index in [1.54, 1.807) is 25.3 Å². The second kappa shape index (κ2) is 6.81. The van der Waals surface area contributed by atoms with Crippen molar-refractivity contribution < 1.29 is 14.5 Å². The molecular formula is C19H15N3O4S. The second-order valence-corrected chi connectivity index (χ2v) is 6.90. The number of ether oxygens (including phenoxy) is 1. The molecule has 0 spiro atoms. The number of non-ortho nitro benzene ring substituents is 1. The van der Waals surface area contributed by atoms with Crippen molar-refractivity contribution in [3.63, 3.8) is 0 Å². The lowest BCUT2D eigenvalue weighted by atomic mass is 10.1. The van der Waals surface area contributed by atoms with E-state index in [0.717, 1.165) is 17.0 Å². The highest BCUT2D eigenvalue weighted by atomic mass is 32.2. The first-order chi connectivity index (χ1) is 13.1. The first-order valence-electron chi connectivity index (χ1n) is 8.13. The minimum absolute atomic E-state index is 0.0148. The van der Waals surface area contributed by atoms with E-state index in [1.165, 1.54) is 23.9 Å². The Hall–Kier alpha value is -3.26. The lowest BCUT2D eigenvalue weighted by Crippen LogP contribution is -2.27. The Balaban J connectivity index is 1.70. The number of thioether (sulfide) groups is 1. The van der Waals surface area contributed by atoms with Gasteiger partial charge in [-0.25, -0.2) is 0 Å². The topological polar surface area (TPSA) is 84.7 Å². The molecule has 2 aromatic rings. The monoisotopic (exact) mass is 381 g/mol. The summed E-state index contributed by atoms with van der Waals surface area (Å²) in [5.74, 6) is 0.555. The van der Waals surface area contributed by atoms with Crippen LogP contribution in [0, 0.1) is 10.1 Å². The number of nitro benzene ring substituents is 1. The molecular weight excluding hydrogens is 366 g/mol. The highest BCUT2D eigenvalue weighted by Gasteiger charge is 2.40. The zero-order valence-electron chi connectivity index (χ0n) is 14.3. The van der Waals surface area contributed by atoms with Crippen LogP contribution in [0.3, 0.4) is 0 Å². The van der Waals surface area contributed by atoms with Crippen molar-refractivity contribution in [2.24, 2.45) is 0 Å². The number of fused-ring (bicyclic) bond motifs is 1. The van der Waals surface area contributed by atoms with Crippen LogP contribution in [0.5, 0.6) is 5.75 Å². The summed E-state index contributed by atoms with van der Waals surface area (Å²) in [7, 11) is 1.60. The van der Waals surface area contributed by atoms with Gasteiger partial charge in [-0.05, 0) is 29.2 Å². The average Bonchev–Trinajstić information content (AvgIpc) is 3.22. The Bertz CT molecular complexity index is 985. The molecule has 27 heavy (non-hydrogen) atoms. The average molecular weight is 381 g/mol. The molecule has 0 aliphatic carbocycles. The number of nitrogens with one attached hydrogen (secondary N) is 1. The molecule has 4 rings (SSSR count). The van der Waals surface area contributed by atoms with Crippen LogP contribution in [0.4, 0.5) is 5.69 Å². The van der Waals surface area contributed by atoms with Gasteiger partial charge in [0.05, 0.1) is 17.7 Å². The number of rotatable bonds is 4. The minimum atomic E-state index is -0.425. The molecule has 0 unspecified atom stereocenters. The molecule has 1 amide bonds. The van der Waals surface area contributed by atoms with Crippen molar-refractivity contribution >= 4 is 35.1 Å². The molecule has 0 bridgehead atoms. The second-order valence-electron chi connectivity index (χ2n) is 5.95. The van der Waals surface area contributed by atoms with Crippen molar-refractivity contribution in [1.82, 2.24) is 10.2 Å². The normalized spacial score (nSPS) is 19.7. The van der Waals surface area contributed by atoms with E-state index in [0.29, 0.717) is 11.3 Å². The van der Waals surface area contributed by atoms with Crippen LogP contribution in [-0.2, 0) is 4.79 Å². The lowest BCUT2D eigenvalue weighted by molar-refractivity contribution is -0.384. The number of carbonyl (C=O) groups is 1. The molecule has 8 heteroatoms. The molecule has 136 valence electrons. The van der Waals surface area contributed by atoms with E-state index in [4.69, 9.17) is 4.74 Å². The van der Waals surface area contributed by atoms with Gasteiger partial charge < -0.3 is 15.0 Å². The molecule has 1 saturated heterocycles. The van der Waals surface area contributed by atoms with Crippen LogP contribution in [-0.4, -0.2) is 28.3 Å². The number of amides is 1. The van der Waals surface area contributed by atoms with Crippen molar-refractivity contribution in [1.29, 1.82) is 0 Å². The number of benzene rings is 2. The molecule has 7 nitrogen and oxygen atoms in total. The predicted octanol–water partition coefficient (Wildman–Crippen LogP) is 3.41. The van der Waals surface area contributed by atoms with E-state index in [1.807, 2.05) is 34.6 Å². The SMILES string of the molecule is COc1ccc(/C=C2/C(=O)N[C@@H]3SC=C(c4cccc([N+](=O)[O-])c4)N23)cc1. The number of methoxy groups -OCH3 is 1. The van der Waals surface area contributed by atoms with E-state index in [9.17, 15) is 14.9 Å². The highest BCUT2D eigenvalue weighted by Crippen LogP contribution is 2.42. The number of hydrogen-bond donors (Lipinski definition) is 1. The van der Waals surface area contributed by atoms with E-state index in [2.05, 4.69) is 5.32 Å². The molecule has 2 heterocycles. The van der Waals surface area contributed by atoms with Gasteiger partial charge in [-0.3, -0.25) is 14.9 Å². The van der Waals surface area contributed by atoms with Gasteiger partial charge in [0.25, 0.3) is 11.6 Å². The van der Waals surface area contributed by atoms with E-state index >= 15 is 0 Å². The Morgan fingerprint density at radius 2 is 2.04 bits per heavy atom. The van der Waals surface area contributed by atoms with Crippen LogP contribution in [0.2, 0.25) is 0 Å². The maximum absolute atomic E-state index is 12.5. The summed E-state index contributed by atoms with van der Waals surface area (Å²) < 4.78 is 5.16. The summed E-state index contributed by atoms with van der Waals surface area (Å²) in [6.07, 6.45) is 1.80. The van der Waals surface area contributed by atoms with Crippen LogP contribution in [0.15, 0.2) is 59.6 Å². The van der Waals surface area contributed by atoms with Gasteiger partial charge >= 0.3 is 0 Å². The highest BCUT2D eigenvalue weighted by molar-refractivity contribution is 8.03. The van der Waals surface area contributed by atoms with Crippen LogP contribution >= 0.6 is 11.8 Å². The molecule has 0 aromatic heterocycles. The standard InChI is InChI=1S/C19H15N3O4S/c1-26-15-7-5-12(6-8-15)9-16-18(23)20-19-21(16)17(11-27-19)13-3-2-4-14(10-13)22(24)25/h2-11,19H,1H3,(H,20,23)/b16-9-/t19-/m0/s1. The molecule has 1 fully saturated rings. The van der Waals surface area contributed by atoms with Crippen molar-refractivity contribution in [2.45, 2.75) is 5.50 Å². The maximum Gasteiger partial charge on any atom is 0.270 e. The van der Waals surface area contributed by atoms with Crippen LogP contribution in [0.25, 0.3) is 11.8 Å². The summed E-state index contributed by atoms with van der Waals surface area (Å²) in [6, 6.07) is 13.8. The van der Waals surface area contributed by atoms with Gasteiger partial charge in [-0.2, -0.15) is 0 Å². The summed E-state index contributed by atoms with van der Waals surface area (Å²) >= 11 is 1.46. The number of carbonyl (C=O) groups excluding carboxylic acids is 1. The van der Waals surface area contributed by atoms with Crippen LogP contribution in [0.1, 0.15) is 11.1 Å². The Labute approximate surface area is 159 Å².